The number of amides is 2. The molecule has 1 aliphatic rings. The Hall–Kier alpha value is -2.83. The Morgan fingerprint density at radius 3 is 2.59 bits per heavy atom. The molecule has 144 valence electrons. The molecule has 0 spiro atoms. The molecule has 1 aromatic heterocycles. The second-order valence-electron chi connectivity index (χ2n) is 7.72. The van der Waals surface area contributed by atoms with Gasteiger partial charge in [-0.25, -0.2) is 4.79 Å². The topological polar surface area (TPSA) is 76.5 Å². The molecule has 2 heterocycles. The molecular weight excluding hydrogens is 344 g/mol. The maximum atomic E-state index is 12.7. The average Bonchev–Trinajstić information content (AvgIpc) is 2.95. The van der Waals surface area contributed by atoms with E-state index in [4.69, 9.17) is 4.74 Å². The van der Waals surface area contributed by atoms with Crippen molar-refractivity contribution in [3.63, 3.8) is 0 Å². The fourth-order valence-corrected chi connectivity index (χ4v) is 3.12. The van der Waals surface area contributed by atoms with Gasteiger partial charge in [0.25, 0.3) is 5.91 Å². The summed E-state index contributed by atoms with van der Waals surface area (Å²) in [6, 6.07) is 9.72. The molecule has 2 aromatic rings. The minimum atomic E-state index is -0.553. The first kappa shape index (κ1) is 18.9. The largest absolute Gasteiger partial charge is 0.444 e. The fourth-order valence-electron chi connectivity index (χ4n) is 3.12. The van der Waals surface area contributed by atoms with Crippen LogP contribution in [0.15, 0.2) is 30.3 Å². The lowest BCUT2D eigenvalue weighted by Gasteiger charge is -2.30. The highest BCUT2D eigenvalue weighted by Crippen LogP contribution is 2.24. The van der Waals surface area contributed by atoms with E-state index in [0.29, 0.717) is 31.7 Å². The zero-order valence-corrected chi connectivity index (χ0v) is 16.3. The molecule has 0 bridgehead atoms. The SMILES string of the molecule is Cn1nc(C(=O)NCc2ccccc2)c2c1CCN(C(=O)OC(C)(C)C)C2. The highest BCUT2D eigenvalue weighted by Gasteiger charge is 2.31. The maximum absolute atomic E-state index is 12.7. The molecule has 3 rings (SSSR count). The highest BCUT2D eigenvalue weighted by molar-refractivity contribution is 5.94. The van der Waals surface area contributed by atoms with E-state index in [2.05, 4.69) is 10.4 Å². The second kappa shape index (κ2) is 7.42. The van der Waals surface area contributed by atoms with Crippen LogP contribution in [0.1, 0.15) is 48.1 Å². The van der Waals surface area contributed by atoms with Crippen molar-refractivity contribution in [2.24, 2.45) is 7.05 Å². The Balaban J connectivity index is 1.74. The number of aromatic nitrogens is 2. The monoisotopic (exact) mass is 370 g/mol. The van der Waals surface area contributed by atoms with E-state index in [-0.39, 0.29) is 12.0 Å². The number of hydrogen-bond donors (Lipinski definition) is 1. The van der Waals surface area contributed by atoms with Crippen molar-refractivity contribution in [1.82, 2.24) is 20.0 Å². The maximum Gasteiger partial charge on any atom is 0.410 e. The van der Waals surface area contributed by atoms with Crippen LogP contribution in [-0.2, 0) is 31.3 Å². The van der Waals surface area contributed by atoms with E-state index in [1.807, 2.05) is 58.2 Å². The van der Waals surface area contributed by atoms with Crippen LogP contribution in [0.25, 0.3) is 0 Å². The molecule has 0 saturated carbocycles. The highest BCUT2D eigenvalue weighted by atomic mass is 16.6. The Bertz CT molecular complexity index is 837. The minimum absolute atomic E-state index is 0.234. The van der Waals surface area contributed by atoms with Crippen LogP contribution in [0.3, 0.4) is 0 Å². The molecule has 1 aromatic carbocycles. The van der Waals surface area contributed by atoms with Crippen molar-refractivity contribution in [1.29, 1.82) is 0 Å². The molecule has 7 nitrogen and oxygen atoms in total. The van der Waals surface area contributed by atoms with E-state index in [1.165, 1.54) is 0 Å². The van der Waals surface area contributed by atoms with Gasteiger partial charge >= 0.3 is 6.09 Å². The molecule has 0 saturated heterocycles. The van der Waals surface area contributed by atoms with Crippen molar-refractivity contribution < 1.29 is 14.3 Å². The predicted molar refractivity (Wildman–Crippen MR) is 101 cm³/mol. The Labute approximate surface area is 159 Å². The molecule has 1 aliphatic heterocycles. The molecule has 0 unspecified atom stereocenters. The van der Waals surface area contributed by atoms with Crippen molar-refractivity contribution in [2.75, 3.05) is 6.54 Å². The molecule has 0 fully saturated rings. The smallest absolute Gasteiger partial charge is 0.410 e. The van der Waals surface area contributed by atoms with Crippen LogP contribution in [0.4, 0.5) is 4.79 Å². The predicted octanol–water partition coefficient (Wildman–Crippen LogP) is 2.64. The third kappa shape index (κ3) is 4.48. The quantitative estimate of drug-likeness (QED) is 0.901. The zero-order valence-electron chi connectivity index (χ0n) is 16.3. The van der Waals surface area contributed by atoms with Crippen LogP contribution in [0, 0.1) is 0 Å². The average molecular weight is 370 g/mol. The molecule has 2 amide bonds. The van der Waals surface area contributed by atoms with Gasteiger partial charge in [0.1, 0.15) is 5.60 Å². The zero-order chi connectivity index (χ0) is 19.6. The number of benzene rings is 1. The number of carbonyl (C=O) groups excluding carboxylic acids is 2. The number of rotatable bonds is 3. The molecule has 0 radical (unpaired) electrons. The third-order valence-electron chi connectivity index (χ3n) is 4.40. The number of nitrogens with one attached hydrogen (secondary N) is 1. The lowest BCUT2D eigenvalue weighted by Crippen LogP contribution is -2.40. The summed E-state index contributed by atoms with van der Waals surface area (Å²) in [7, 11) is 1.83. The van der Waals surface area contributed by atoms with Crippen LogP contribution < -0.4 is 5.32 Å². The summed E-state index contributed by atoms with van der Waals surface area (Å²) in [5, 5.41) is 7.31. The van der Waals surface area contributed by atoms with Crippen molar-refractivity contribution in [2.45, 2.75) is 45.9 Å². The van der Waals surface area contributed by atoms with Gasteiger partial charge in [-0.1, -0.05) is 30.3 Å². The number of fused-ring (bicyclic) bond motifs is 1. The molecule has 0 atom stereocenters. The van der Waals surface area contributed by atoms with Crippen LogP contribution in [-0.4, -0.2) is 38.8 Å². The number of nitrogens with zero attached hydrogens (tertiary/aromatic N) is 3. The van der Waals surface area contributed by atoms with Gasteiger partial charge in [-0.2, -0.15) is 5.10 Å². The third-order valence-corrected chi connectivity index (χ3v) is 4.40. The summed E-state index contributed by atoms with van der Waals surface area (Å²) in [5.74, 6) is -0.234. The fraction of sp³-hybridized carbons (Fsp3) is 0.450. The summed E-state index contributed by atoms with van der Waals surface area (Å²) < 4.78 is 7.20. The van der Waals surface area contributed by atoms with Gasteiger partial charge in [-0.3, -0.25) is 9.48 Å². The van der Waals surface area contributed by atoms with E-state index < -0.39 is 5.60 Å². The normalized spacial score (nSPS) is 13.9. The van der Waals surface area contributed by atoms with Crippen LogP contribution in [0.5, 0.6) is 0 Å². The lowest BCUT2D eigenvalue weighted by molar-refractivity contribution is 0.0221. The van der Waals surface area contributed by atoms with Crippen molar-refractivity contribution in [3.05, 3.63) is 52.8 Å². The molecule has 1 N–H and O–H groups in total. The first-order valence-corrected chi connectivity index (χ1v) is 9.09. The van der Waals surface area contributed by atoms with E-state index in [0.717, 1.165) is 16.8 Å². The number of ether oxygens (including phenoxy) is 1. The van der Waals surface area contributed by atoms with Gasteiger partial charge < -0.3 is 15.0 Å². The first-order valence-electron chi connectivity index (χ1n) is 9.09. The molecule has 27 heavy (non-hydrogen) atoms. The summed E-state index contributed by atoms with van der Waals surface area (Å²) in [6.45, 7) is 6.83. The number of aryl methyl sites for hydroxylation is 1. The van der Waals surface area contributed by atoms with Crippen molar-refractivity contribution in [3.8, 4) is 0 Å². The standard InChI is InChI=1S/C20H26N4O3/c1-20(2,3)27-19(26)24-11-10-16-15(13-24)17(22-23(16)4)18(25)21-12-14-8-6-5-7-9-14/h5-9H,10-13H2,1-4H3,(H,21,25). The van der Waals surface area contributed by atoms with E-state index in [1.54, 1.807) is 9.58 Å². The Morgan fingerprint density at radius 2 is 1.93 bits per heavy atom. The summed E-state index contributed by atoms with van der Waals surface area (Å²) in [5.41, 5.74) is 2.62. The minimum Gasteiger partial charge on any atom is -0.444 e. The van der Waals surface area contributed by atoms with Gasteiger partial charge in [0.2, 0.25) is 0 Å². The van der Waals surface area contributed by atoms with Crippen LogP contribution in [0.2, 0.25) is 0 Å². The first-order chi connectivity index (χ1) is 12.7. The molecule has 0 aliphatic carbocycles. The van der Waals surface area contributed by atoms with Crippen molar-refractivity contribution >= 4 is 12.0 Å². The molecular formula is C20H26N4O3. The summed E-state index contributed by atoms with van der Waals surface area (Å²) in [6.07, 6.45) is 0.275. The van der Waals surface area contributed by atoms with E-state index in [9.17, 15) is 9.59 Å². The Morgan fingerprint density at radius 1 is 1.22 bits per heavy atom. The lowest BCUT2D eigenvalue weighted by atomic mass is 10.0. The number of carbonyl (C=O) groups is 2. The van der Waals surface area contributed by atoms with Gasteiger partial charge in [0, 0.05) is 37.8 Å². The Kier molecular flexibility index (Phi) is 5.21. The van der Waals surface area contributed by atoms with E-state index >= 15 is 0 Å². The second-order valence-corrected chi connectivity index (χ2v) is 7.72. The molecule has 7 heteroatoms. The number of hydrogen-bond acceptors (Lipinski definition) is 4. The van der Waals surface area contributed by atoms with Crippen LogP contribution >= 0.6 is 0 Å². The van der Waals surface area contributed by atoms with Gasteiger partial charge in [0.05, 0.1) is 6.54 Å². The summed E-state index contributed by atoms with van der Waals surface area (Å²) in [4.78, 5) is 26.7. The van der Waals surface area contributed by atoms with Gasteiger partial charge in [0.15, 0.2) is 5.69 Å². The van der Waals surface area contributed by atoms with Gasteiger partial charge in [-0.15, -0.1) is 0 Å². The summed E-state index contributed by atoms with van der Waals surface area (Å²) >= 11 is 0. The van der Waals surface area contributed by atoms with Gasteiger partial charge in [-0.05, 0) is 26.3 Å².